The highest BCUT2D eigenvalue weighted by molar-refractivity contribution is 7.99. The maximum Gasteiger partial charge on any atom is 0.258 e. The third-order valence-corrected chi connectivity index (χ3v) is 7.96. The molecular formula is C18H17Cl3N6O3S2. The van der Waals surface area contributed by atoms with E-state index >= 15 is 0 Å². The van der Waals surface area contributed by atoms with Crippen molar-refractivity contribution in [1.82, 2.24) is 9.84 Å². The van der Waals surface area contributed by atoms with Crippen LogP contribution in [0.25, 0.3) is 0 Å². The van der Waals surface area contributed by atoms with Crippen LogP contribution in [0.15, 0.2) is 40.2 Å². The predicted octanol–water partition coefficient (Wildman–Crippen LogP) is 3.53. The number of guanidine groups is 1. The lowest BCUT2D eigenvalue weighted by molar-refractivity contribution is 0.266. The fourth-order valence-electron chi connectivity index (χ4n) is 2.82. The molecule has 0 atom stereocenters. The second-order valence-electron chi connectivity index (χ2n) is 6.42. The SMILES string of the molecule is N#CN(C(N)=Nc1ccc(Cl)c(S(=O)(=O)NN2CCSCC2)c1O)c1cccc(Cl)c1Cl. The predicted molar refractivity (Wildman–Crippen MR) is 128 cm³/mol. The second-order valence-corrected chi connectivity index (χ2v) is 10.4. The van der Waals surface area contributed by atoms with Gasteiger partial charge in [-0.3, -0.25) is 0 Å². The molecule has 170 valence electrons. The van der Waals surface area contributed by atoms with Crippen molar-refractivity contribution in [2.45, 2.75) is 4.90 Å². The Hall–Kier alpha value is -1.91. The van der Waals surface area contributed by atoms with Crippen molar-refractivity contribution in [1.29, 1.82) is 5.26 Å². The average molecular weight is 536 g/mol. The molecule has 2 aromatic carbocycles. The molecule has 2 aromatic rings. The Morgan fingerprint density at radius 2 is 1.91 bits per heavy atom. The molecule has 1 saturated heterocycles. The first kappa shape index (κ1) is 24.7. The zero-order chi connectivity index (χ0) is 23.5. The summed E-state index contributed by atoms with van der Waals surface area (Å²) in [6.07, 6.45) is 1.82. The number of rotatable bonds is 5. The lowest BCUT2D eigenvalue weighted by atomic mass is 10.3. The number of hydrogen-bond donors (Lipinski definition) is 3. The molecule has 9 nitrogen and oxygen atoms in total. The molecule has 1 fully saturated rings. The van der Waals surface area contributed by atoms with Crippen LogP contribution in [0.5, 0.6) is 5.75 Å². The van der Waals surface area contributed by atoms with Crippen LogP contribution in [-0.4, -0.2) is 49.1 Å². The Morgan fingerprint density at radius 1 is 1.22 bits per heavy atom. The number of hydrazine groups is 1. The minimum absolute atomic E-state index is 0.0707. The first-order valence-electron chi connectivity index (χ1n) is 9.00. The van der Waals surface area contributed by atoms with Crippen molar-refractivity contribution in [2.24, 2.45) is 10.7 Å². The number of thioether (sulfide) groups is 1. The summed E-state index contributed by atoms with van der Waals surface area (Å²) in [4.78, 5) is 6.78. The van der Waals surface area contributed by atoms with Gasteiger partial charge in [0, 0.05) is 24.6 Å². The van der Waals surface area contributed by atoms with Crippen molar-refractivity contribution in [3.05, 3.63) is 45.4 Å². The minimum Gasteiger partial charge on any atom is -0.504 e. The van der Waals surface area contributed by atoms with E-state index in [4.69, 9.17) is 40.5 Å². The standard InChI is InChI=1S/C18H17Cl3N6O3S2/c19-11-2-1-3-14(15(11)21)27(10-22)18(23)24-13-5-4-12(20)17(16(13)28)32(29,30)25-26-6-8-31-9-7-26/h1-5,25,28H,6-9H2,(H2,23,24). The molecule has 0 spiro atoms. The summed E-state index contributed by atoms with van der Waals surface area (Å²) in [6, 6.07) is 7.13. The van der Waals surface area contributed by atoms with E-state index in [1.807, 2.05) is 6.19 Å². The number of phenols is 1. The van der Waals surface area contributed by atoms with Gasteiger partial charge in [-0.25, -0.2) is 23.3 Å². The molecule has 32 heavy (non-hydrogen) atoms. The van der Waals surface area contributed by atoms with Crippen LogP contribution in [0, 0.1) is 11.5 Å². The number of aliphatic imine (C=N–C) groups is 1. The third-order valence-electron chi connectivity index (χ3n) is 4.33. The van der Waals surface area contributed by atoms with Crippen LogP contribution in [-0.2, 0) is 10.0 Å². The third kappa shape index (κ3) is 5.35. The van der Waals surface area contributed by atoms with Gasteiger partial charge in [0.1, 0.15) is 10.6 Å². The van der Waals surface area contributed by atoms with Gasteiger partial charge in [-0.05, 0) is 24.3 Å². The van der Waals surface area contributed by atoms with Gasteiger partial charge >= 0.3 is 0 Å². The largest absolute Gasteiger partial charge is 0.504 e. The number of nitriles is 1. The molecule has 0 aromatic heterocycles. The van der Waals surface area contributed by atoms with Gasteiger partial charge < -0.3 is 10.8 Å². The number of benzene rings is 2. The molecule has 14 heteroatoms. The highest BCUT2D eigenvalue weighted by Gasteiger charge is 2.28. The molecule has 1 aliphatic heterocycles. The zero-order valence-corrected chi connectivity index (χ0v) is 20.2. The second kappa shape index (κ2) is 10.4. The van der Waals surface area contributed by atoms with Gasteiger partial charge in [-0.15, -0.1) is 4.83 Å². The number of hydrogen-bond acceptors (Lipinski definition) is 7. The summed E-state index contributed by atoms with van der Waals surface area (Å²) in [6.45, 7) is 1.01. The first-order valence-corrected chi connectivity index (χ1v) is 12.8. The first-order chi connectivity index (χ1) is 15.2. The molecule has 0 amide bonds. The lowest BCUT2D eigenvalue weighted by Crippen LogP contribution is -2.46. The maximum atomic E-state index is 12.9. The Bertz CT molecular complexity index is 1200. The number of sulfonamides is 1. The van der Waals surface area contributed by atoms with Gasteiger partial charge in [0.2, 0.25) is 5.96 Å². The van der Waals surface area contributed by atoms with Crippen molar-refractivity contribution in [3.63, 3.8) is 0 Å². The van der Waals surface area contributed by atoms with E-state index in [0.29, 0.717) is 13.1 Å². The summed E-state index contributed by atoms with van der Waals surface area (Å²) >= 11 is 19.9. The molecule has 0 bridgehead atoms. The van der Waals surface area contributed by atoms with E-state index in [1.54, 1.807) is 17.8 Å². The fourth-order valence-corrected chi connectivity index (χ4v) is 5.86. The maximum absolute atomic E-state index is 12.9. The molecule has 0 aliphatic carbocycles. The molecule has 0 radical (unpaired) electrons. The highest BCUT2D eigenvalue weighted by atomic mass is 35.5. The fraction of sp³-hybridized carbons (Fsp3) is 0.222. The molecular weight excluding hydrogens is 519 g/mol. The van der Waals surface area contributed by atoms with Crippen molar-refractivity contribution >= 4 is 73.9 Å². The van der Waals surface area contributed by atoms with Crippen LogP contribution in [0.1, 0.15) is 0 Å². The Kier molecular flexibility index (Phi) is 8.00. The quantitative estimate of drug-likeness (QED) is 0.229. The summed E-state index contributed by atoms with van der Waals surface area (Å²) < 4.78 is 25.8. The van der Waals surface area contributed by atoms with E-state index in [2.05, 4.69) is 9.82 Å². The number of nitrogens with zero attached hydrogens (tertiary/aromatic N) is 4. The molecule has 0 saturated carbocycles. The molecule has 4 N–H and O–H groups in total. The van der Waals surface area contributed by atoms with Crippen LogP contribution in [0.2, 0.25) is 15.1 Å². The van der Waals surface area contributed by atoms with Gasteiger partial charge in [-0.1, -0.05) is 40.9 Å². The Balaban J connectivity index is 1.99. The zero-order valence-electron chi connectivity index (χ0n) is 16.3. The average Bonchev–Trinajstić information content (AvgIpc) is 2.74. The number of halogens is 3. The number of nitrogens with two attached hydrogens (primary N) is 1. The van der Waals surface area contributed by atoms with Crippen molar-refractivity contribution in [3.8, 4) is 11.9 Å². The summed E-state index contributed by atoms with van der Waals surface area (Å²) in [7, 11) is -4.21. The Labute approximate surface area is 204 Å². The summed E-state index contributed by atoms with van der Waals surface area (Å²) in [5.74, 6) is 0.436. The van der Waals surface area contributed by atoms with Crippen molar-refractivity contribution < 1.29 is 13.5 Å². The molecule has 1 aliphatic rings. The highest BCUT2D eigenvalue weighted by Crippen LogP contribution is 2.39. The summed E-state index contributed by atoms with van der Waals surface area (Å²) in [5, 5.41) is 21.8. The van der Waals surface area contributed by atoms with E-state index in [0.717, 1.165) is 16.4 Å². The topological polar surface area (TPSA) is 135 Å². The number of aromatic hydroxyl groups is 1. The van der Waals surface area contributed by atoms with Gasteiger partial charge in [-0.2, -0.15) is 17.0 Å². The minimum atomic E-state index is -4.21. The smallest absolute Gasteiger partial charge is 0.258 e. The number of anilines is 1. The van der Waals surface area contributed by atoms with Crippen LogP contribution < -0.4 is 15.5 Å². The summed E-state index contributed by atoms with van der Waals surface area (Å²) in [5.41, 5.74) is 5.91. The Morgan fingerprint density at radius 3 is 2.56 bits per heavy atom. The van der Waals surface area contributed by atoms with Crippen LogP contribution in [0.4, 0.5) is 11.4 Å². The van der Waals surface area contributed by atoms with Crippen LogP contribution >= 0.6 is 46.6 Å². The van der Waals surface area contributed by atoms with E-state index in [9.17, 15) is 18.8 Å². The van der Waals surface area contributed by atoms with Gasteiger partial charge in [0.25, 0.3) is 10.0 Å². The molecule has 3 rings (SSSR count). The number of phenolic OH excluding ortho intramolecular Hbond substituents is 1. The van der Waals surface area contributed by atoms with E-state index in [-0.39, 0.29) is 32.4 Å². The van der Waals surface area contributed by atoms with Gasteiger partial charge in [0.05, 0.1) is 20.8 Å². The van der Waals surface area contributed by atoms with E-state index in [1.165, 1.54) is 29.3 Å². The monoisotopic (exact) mass is 534 g/mol. The van der Waals surface area contributed by atoms with Crippen molar-refractivity contribution in [2.75, 3.05) is 29.5 Å². The number of nitrogens with one attached hydrogen (secondary N) is 1. The van der Waals surface area contributed by atoms with E-state index < -0.39 is 20.7 Å². The normalized spacial score (nSPS) is 15.4. The molecule has 1 heterocycles. The molecule has 0 unspecified atom stereocenters. The lowest BCUT2D eigenvalue weighted by Gasteiger charge is -2.26. The van der Waals surface area contributed by atoms with Crippen LogP contribution in [0.3, 0.4) is 0 Å². The van der Waals surface area contributed by atoms with Gasteiger partial charge in [0.15, 0.2) is 11.9 Å².